The summed E-state index contributed by atoms with van der Waals surface area (Å²) in [6.45, 7) is 0. The van der Waals surface area contributed by atoms with Gasteiger partial charge in [0.15, 0.2) is 12.2 Å². The minimum atomic E-state index is 0.475. The molecular formula is C31H58N3O+. The Morgan fingerprint density at radius 1 is 0.486 bits per heavy atom. The van der Waals surface area contributed by atoms with E-state index in [4.69, 9.17) is 4.74 Å². The number of rotatable bonds is 7. The molecule has 0 aromatic rings. The lowest BCUT2D eigenvalue weighted by atomic mass is 9.70. The SMILES string of the molecule is CN(C)C1CCC(/C=C/C2CC(C3CCC(N(C)C)CC3)CC(C3CCC(N(C)C)CC3)[OH+]2)CC1. The van der Waals surface area contributed by atoms with E-state index in [0.717, 1.165) is 41.8 Å². The Labute approximate surface area is 217 Å². The first-order chi connectivity index (χ1) is 16.8. The van der Waals surface area contributed by atoms with Crippen molar-refractivity contribution in [1.29, 1.82) is 0 Å². The summed E-state index contributed by atoms with van der Waals surface area (Å²) < 4.78 is 5.57. The Morgan fingerprint density at radius 2 is 0.943 bits per heavy atom. The molecule has 3 aliphatic carbocycles. The number of ether oxygens (including phenoxy) is 1. The van der Waals surface area contributed by atoms with Crippen LogP contribution < -0.4 is 0 Å². The highest BCUT2D eigenvalue weighted by Crippen LogP contribution is 2.43. The zero-order valence-corrected chi connectivity index (χ0v) is 24.0. The van der Waals surface area contributed by atoms with E-state index >= 15 is 0 Å². The van der Waals surface area contributed by atoms with Crippen molar-refractivity contribution in [2.24, 2.45) is 23.7 Å². The van der Waals surface area contributed by atoms with E-state index in [1.165, 1.54) is 89.9 Å². The molecule has 0 bridgehead atoms. The second-order valence-corrected chi connectivity index (χ2v) is 13.5. The van der Waals surface area contributed by atoms with Crippen LogP contribution in [0.4, 0.5) is 0 Å². The lowest BCUT2D eigenvalue weighted by Crippen LogP contribution is -2.45. The molecule has 1 N–H and O–H groups in total. The van der Waals surface area contributed by atoms with Gasteiger partial charge in [0.2, 0.25) is 0 Å². The highest BCUT2D eigenvalue weighted by atomic mass is 16.5. The van der Waals surface area contributed by atoms with Crippen LogP contribution in [0, 0.1) is 23.7 Å². The van der Waals surface area contributed by atoms with Crippen LogP contribution in [0.3, 0.4) is 0 Å². The smallest absolute Gasteiger partial charge is 0.174 e. The quantitative estimate of drug-likeness (QED) is 0.345. The van der Waals surface area contributed by atoms with Crippen LogP contribution in [0.25, 0.3) is 0 Å². The second-order valence-electron chi connectivity index (χ2n) is 13.5. The molecule has 0 spiro atoms. The van der Waals surface area contributed by atoms with Crippen LogP contribution >= 0.6 is 0 Å². The van der Waals surface area contributed by atoms with Gasteiger partial charge in [0.05, 0.1) is 0 Å². The van der Waals surface area contributed by atoms with Crippen molar-refractivity contribution in [2.45, 2.75) is 120 Å². The highest BCUT2D eigenvalue weighted by Gasteiger charge is 2.42. The van der Waals surface area contributed by atoms with E-state index in [-0.39, 0.29) is 0 Å². The zero-order chi connectivity index (χ0) is 24.9. The van der Waals surface area contributed by atoms with Gasteiger partial charge >= 0.3 is 0 Å². The Morgan fingerprint density at radius 3 is 1.43 bits per heavy atom. The molecule has 4 nitrogen and oxygen atoms in total. The summed E-state index contributed by atoms with van der Waals surface area (Å²) in [5.41, 5.74) is 0. The molecule has 3 saturated carbocycles. The van der Waals surface area contributed by atoms with E-state index in [1.807, 2.05) is 0 Å². The van der Waals surface area contributed by atoms with Gasteiger partial charge in [-0.25, -0.2) is 0 Å². The molecular weight excluding hydrogens is 430 g/mol. The maximum absolute atomic E-state index is 5.57. The minimum absolute atomic E-state index is 0.475. The maximum Gasteiger partial charge on any atom is 0.174 e. The van der Waals surface area contributed by atoms with Crippen LogP contribution in [0.5, 0.6) is 0 Å². The first-order valence-corrected chi connectivity index (χ1v) is 15.2. The average molecular weight is 489 g/mol. The second kappa shape index (κ2) is 12.9. The van der Waals surface area contributed by atoms with Crippen LogP contribution in [0.15, 0.2) is 12.2 Å². The predicted octanol–water partition coefficient (Wildman–Crippen LogP) is 5.58. The summed E-state index contributed by atoms with van der Waals surface area (Å²) in [7, 11) is 13.6. The Kier molecular flexibility index (Phi) is 10.2. The molecule has 202 valence electrons. The van der Waals surface area contributed by atoms with Crippen molar-refractivity contribution in [1.82, 2.24) is 14.7 Å². The zero-order valence-electron chi connectivity index (χ0n) is 24.0. The first kappa shape index (κ1) is 27.6. The normalized spacial score (nSPS) is 41.8. The topological polar surface area (TPSA) is 22.5 Å². The van der Waals surface area contributed by atoms with Gasteiger partial charge in [0, 0.05) is 36.9 Å². The van der Waals surface area contributed by atoms with Crippen LogP contribution in [-0.2, 0) is 0 Å². The number of nitrogens with zero attached hydrogens (tertiary/aromatic N) is 3. The minimum Gasteiger partial charge on any atom is -0.426 e. The van der Waals surface area contributed by atoms with Gasteiger partial charge in [-0.1, -0.05) is 6.08 Å². The number of hydrogen-bond acceptors (Lipinski definition) is 3. The van der Waals surface area contributed by atoms with Gasteiger partial charge < -0.3 is 19.4 Å². The van der Waals surface area contributed by atoms with Crippen molar-refractivity contribution in [3.8, 4) is 0 Å². The Hall–Kier alpha value is -0.420. The Balaban J connectivity index is 1.37. The van der Waals surface area contributed by atoms with Crippen molar-refractivity contribution in [3.05, 3.63) is 12.2 Å². The van der Waals surface area contributed by atoms with Crippen LogP contribution in [0.1, 0.15) is 89.9 Å². The molecule has 4 fully saturated rings. The van der Waals surface area contributed by atoms with Gasteiger partial charge in [-0.15, -0.1) is 0 Å². The molecule has 3 unspecified atom stereocenters. The molecule has 4 rings (SSSR count). The largest absolute Gasteiger partial charge is 0.426 e. The maximum atomic E-state index is 5.57. The number of hydrogen-bond donors (Lipinski definition) is 0. The average Bonchev–Trinajstić information content (AvgIpc) is 2.87. The summed E-state index contributed by atoms with van der Waals surface area (Å²) in [6.07, 6.45) is 25.6. The molecule has 0 aromatic carbocycles. The van der Waals surface area contributed by atoms with Crippen LogP contribution in [0.2, 0.25) is 0 Å². The molecule has 1 saturated heterocycles. The lowest BCUT2D eigenvalue weighted by Gasteiger charge is -2.43. The number of allylic oxidation sites excluding steroid dienone is 1. The first-order valence-electron chi connectivity index (χ1n) is 15.2. The molecule has 0 aromatic heterocycles. The molecule has 0 radical (unpaired) electrons. The molecule has 35 heavy (non-hydrogen) atoms. The van der Waals surface area contributed by atoms with Gasteiger partial charge in [-0.05, 0) is 143 Å². The van der Waals surface area contributed by atoms with Crippen molar-refractivity contribution < 1.29 is 4.74 Å². The third-order valence-corrected chi connectivity index (χ3v) is 10.7. The lowest BCUT2D eigenvalue weighted by molar-refractivity contribution is -0.211. The molecule has 3 atom stereocenters. The van der Waals surface area contributed by atoms with Crippen LogP contribution in [-0.4, -0.2) is 92.1 Å². The third-order valence-electron chi connectivity index (χ3n) is 10.7. The monoisotopic (exact) mass is 488 g/mol. The van der Waals surface area contributed by atoms with Crippen molar-refractivity contribution in [3.63, 3.8) is 0 Å². The summed E-state index contributed by atoms with van der Waals surface area (Å²) in [4.78, 5) is 7.35. The summed E-state index contributed by atoms with van der Waals surface area (Å²) in [5, 5.41) is 0. The highest BCUT2D eigenvalue weighted by molar-refractivity contribution is 5.00. The predicted molar refractivity (Wildman–Crippen MR) is 150 cm³/mol. The van der Waals surface area contributed by atoms with Gasteiger partial charge in [0.1, 0.15) is 0 Å². The number of aliphatic hydroxyl groups is 2. The fourth-order valence-electron chi connectivity index (χ4n) is 8.10. The molecule has 1 heterocycles. The van der Waals surface area contributed by atoms with Gasteiger partial charge in [0.25, 0.3) is 0 Å². The molecule has 4 aliphatic rings. The van der Waals surface area contributed by atoms with E-state index in [1.54, 1.807) is 0 Å². The molecule has 1 aliphatic heterocycles. The van der Waals surface area contributed by atoms with E-state index < -0.39 is 0 Å². The van der Waals surface area contributed by atoms with E-state index in [0.29, 0.717) is 12.2 Å². The van der Waals surface area contributed by atoms with Crippen molar-refractivity contribution in [2.75, 3.05) is 42.3 Å². The van der Waals surface area contributed by atoms with Gasteiger partial charge in [-0.3, -0.25) is 0 Å². The molecule has 0 amide bonds. The third kappa shape index (κ3) is 7.55. The van der Waals surface area contributed by atoms with E-state index in [2.05, 4.69) is 69.1 Å². The standard InChI is InChI=1S/C31H57N3O/c1-32(2)27-14-7-23(8-15-27)9-20-30-21-26(24-10-16-28(17-11-24)33(3)4)22-31(35-30)25-12-18-29(19-13-25)34(5)6/h9,20,23-31H,7-8,10-19,21-22H2,1-6H3/p+1/b20-9+. The van der Waals surface area contributed by atoms with E-state index in [9.17, 15) is 0 Å². The fraction of sp³-hybridized carbons (Fsp3) is 0.935. The van der Waals surface area contributed by atoms with Crippen molar-refractivity contribution >= 4 is 0 Å². The summed E-state index contributed by atoms with van der Waals surface area (Å²) in [5.74, 6) is 3.45. The van der Waals surface area contributed by atoms with Gasteiger partial charge in [-0.2, -0.15) is 0 Å². The molecule has 4 heteroatoms. The fourth-order valence-corrected chi connectivity index (χ4v) is 8.10. The Bertz CT molecular complexity index is 602. The summed E-state index contributed by atoms with van der Waals surface area (Å²) >= 11 is 0. The summed E-state index contributed by atoms with van der Waals surface area (Å²) in [6, 6.07) is 2.40.